The molecule has 6 nitrogen and oxygen atoms in total. The predicted molar refractivity (Wildman–Crippen MR) is 112 cm³/mol. The number of amides is 2. The molecule has 0 bridgehead atoms. The fraction of sp³-hybridized carbons (Fsp3) is 0.429. The molecule has 1 fully saturated rings. The Morgan fingerprint density at radius 1 is 1.04 bits per heavy atom. The van der Waals surface area contributed by atoms with Crippen LogP contribution in [0.5, 0.6) is 0 Å². The van der Waals surface area contributed by atoms with Crippen molar-refractivity contribution in [1.29, 1.82) is 0 Å². The number of nitrogens with one attached hydrogen (secondary N) is 2. The number of morpholine rings is 1. The maximum Gasteiger partial charge on any atom is 0.248 e. The minimum atomic E-state index is -0.222. The van der Waals surface area contributed by atoms with Crippen molar-refractivity contribution in [2.24, 2.45) is 0 Å². The molecule has 0 aromatic heterocycles. The summed E-state index contributed by atoms with van der Waals surface area (Å²) in [5.74, 6) is -0.159. The summed E-state index contributed by atoms with van der Waals surface area (Å²) in [5, 5.41) is 2.32. The van der Waals surface area contributed by atoms with Gasteiger partial charge in [0, 0.05) is 31.0 Å². The van der Waals surface area contributed by atoms with E-state index in [1.807, 2.05) is 38.1 Å². The van der Waals surface area contributed by atoms with Gasteiger partial charge in [-0.1, -0.05) is 30.3 Å². The zero-order valence-electron chi connectivity index (χ0n) is 16.3. The van der Waals surface area contributed by atoms with Crippen LogP contribution in [-0.4, -0.2) is 54.3 Å². The largest absolute Gasteiger partial charge is 0.373 e. The van der Waals surface area contributed by atoms with Gasteiger partial charge < -0.3 is 4.74 Å². The van der Waals surface area contributed by atoms with Gasteiger partial charge in [-0.15, -0.1) is 11.8 Å². The highest BCUT2D eigenvalue weighted by atomic mass is 32.2. The zero-order valence-corrected chi connectivity index (χ0v) is 17.1. The molecule has 3 rings (SSSR count). The van der Waals surface area contributed by atoms with E-state index in [2.05, 4.69) is 34.0 Å². The zero-order chi connectivity index (χ0) is 19.9. The molecule has 2 atom stereocenters. The van der Waals surface area contributed by atoms with Crippen molar-refractivity contribution in [3.63, 3.8) is 0 Å². The molecule has 28 heavy (non-hydrogen) atoms. The second-order valence-electron chi connectivity index (χ2n) is 7.16. The first kappa shape index (κ1) is 20.6. The number of carbonyl (C=O) groups excluding carboxylic acids is 2. The molecule has 2 aromatic rings. The van der Waals surface area contributed by atoms with Crippen molar-refractivity contribution in [3.05, 3.63) is 42.5 Å². The molecule has 0 radical (unpaired) electrons. The average Bonchev–Trinajstić information content (AvgIpc) is 2.68. The predicted octanol–water partition coefficient (Wildman–Crippen LogP) is 2.58. The number of ether oxygens (including phenoxy) is 1. The fourth-order valence-electron chi connectivity index (χ4n) is 3.37. The van der Waals surface area contributed by atoms with Gasteiger partial charge in [-0.3, -0.25) is 25.3 Å². The average molecular weight is 402 g/mol. The Labute approximate surface area is 170 Å². The Morgan fingerprint density at radius 3 is 2.46 bits per heavy atom. The van der Waals surface area contributed by atoms with Gasteiger partial charge in [0.1, 0.15) is 0 Å². The molecular formula is C21H27N3O3S. The van der Waals surface area contributed by atoms with E-state index in [4.69, 9.17) is 4.74 Å². The van der Waals surface area contributed by atoms with Crippen LogP contribution < -0.4 is 10.9 Å². The molecule has 7 heteroatoms. The summed E-state index contributed by atoms with van der Waals surface area (Å²) in [7, 11) is 0. The number of thioether (sulfide) groups is 1. The number of carbonyl (C=O) groups is 2. The van der Waals surface area contributed by atoms with Crippen LogP contribution in [0.1, 0.15) is 20.3 Å². The summed E-state index contributed by atoms with van der Waals surface area (Å²) in [6.07, 6.45) is 0.703. The maximum absolute atomic E-state index is 12.0. The first-order valence-corrected chi connectivity index (χ1v) is 10.6. The molecule has 150 valence electrons. The molecule has 2 amide bonds. The summed E-state index contributed by atoms with van der Waals surface area (Å²) in [4.78, 5) is 27.2. The normalized spacial score (nSPS) is 20.1. The SMILES string of the molecule is C[C@@H]1CN(CCC(=O)NNC(=O)CSc2ccc3ccccc3c2)C[C@H](C)O1. The lowest BCUT2D eigenvalue weighted by Crippen LogP contribution is -2.47. The third-order valence-electron chi connectivity index (χ3n) is 4.58. The minimum absolute atomic E-state index is 0.179. The van der Waals surface area contributed by atoms with Gasteiger partial charge in [-0.25, -0.2) is 0 Å². The summed E-state index contributed by atoms with van der Waals surface area (Å²) in [5.41, 5.74) is 4.99. The summed E-state index contributed by atoms with van der Waals surface area (Å²) in [6, 6.07) is 14.2. The summed E-state index contributed by atoms with van der Waals surface area (Å²) >= 11 is 1.45. The lowest BCUT2D eigenvalue weighted by atomic mass is 10.1. The second kappa shape index (κ2) is 9.91. The molecule has 0 spiro atoms. The maximum atomic E-state index is 12.0. The van der Waals surface area contributed by atoms with Crippen LogP contribution in [0.15, 0.2) is 47.4 Å². The molecule has 0 unspecified atom stereocenters. The quantitative estimate of drug-likeness (QED) is 0.575. The topological polar surface area (TPSA) is 70.7 Å². The second-order valence-corrected chi connectivity index (χ2v) is 8.21. The van der Waals surface area contributed by atoms with Crippen LogP contribution >= 0.6 is 11.8 Å². The van der Waals surface area contributed by atoms with E-state index in [0.717, 1.165) is 23.4 Å². The van der Waals surface area contributed by atoms with Gasteiger partial charge >= 0.3 is 0 Å². The molecule has 0 aliphatic carbocycles. The number of nitrogens with zero attached hydrogens (tertiary/aromatic N) is 1. The molecule has 1 aliphatic rings. The van der Waals surface area contributed by atoms with Gasteiger partial charge in [0.05, 0.1) is 18.0 Å². The lowest BCUT2D eigenvalue weighted by molar-refractivity contribution is -0.128. The van der Waals surface area contributed by atoms with Gasteiger partial charge in [-0.2, -0.15) is 0 Å². The Bertz CT molecular complexity index is 819. The van der Waals surface area contributed by atoms with Crippen molar-refractivity contribution in [2.75, 3.05) is 25.4 Å². The highest BCUT2D eigenvalue weighted by Gasteiger charge is 2.22. The highest BCUT2D eigenvalue weighted by Crippen LogP contribution is 2.23. The standard InChI is InChI=1S/C21H27N3O3S/c1-15-12-24(13-16(2)27-15)10-9-20(25)22-23-21(26)14-28-19-8-7-17-5-3-4-6-18(17)11-19/h3-8,11,15-16H,9-10,12-14H2,1-2H3,(H,22,25)(H,23,26)/t15-,16+. The van der Waals surface area contributed by atoms with Crippen molar-refractivity contribution < 1.29 is 14.3 Å². The van der Waals surface area contributed by atoms with E-state index in [1.54, 1.807) is 0 Å². The number of fused-ring (bicyclic) bond motifs is 1. The molecule has 2 aromatic carbocycles. The third-order valence-corrected chi connectivity index (χ3v) is 5.58. The van der Waals surface area contributed by atoms with Crippen LogP contribution in [0.3, 0.4) is 0 Å². The molecule has 1 heterocycles. The monoisotopic (exact) mass is 401 g/mol. The van der Waals surface area contributed by atoms with E-state index in [1.165, 1.54) is 17.1 Å². The van der Waals surface area contributed by atoms with Gasteiger partial charge in [-0.05, 0) is 36.8 Å². The van der Waals surface area contributed by atoms with Crippen LogP contribution in [0.4, 0.5) is 0 Å². The van der Waals surface area contributed by atoms with Crippen molar-refractivity contribution in [3.8, 4) is 0 Å². The number of hydrogen-bond donors (Lipinski definition) is 2. The number of hydrazine groups is 1. The first-order valence-electron chi connectivity index (χ1n) is 9.56. The van der Waals surface area contributed by atoms with Crippen molar-refractivity contribution >= 4 is 34.3 Å². The summed E-state index contributed by atoms with van der Waals surface area (Å²) < 4.78 is 5.69. The van der Waals surface area contributed by atoms with E-state index < -0.39 is 0 Å². The third kappa shape index (κ3) is 6.22. The van der Waals surface area contributed by atoms with Crippen molar-refractivity contribution in [1.82, 2.24) is 15.8 Å². The van der Waals surface area contributed by atoms with Crippen molar-refractivity contribution in [2.45, 2.75) is 37.4 Å². The molecule has 1 saturated heterocycles. The van der Waals surface area contributed by atoms with E-state index in [9.17, 15) is 9.59 Å². The molecule has 0 saturated carbocycles. The lowest BCUT2D eigenvalue weighted by Gasteiger charge is -2.35. The fourth-order valence-corrected chi connectivity index (χ4v) is 4.12. The number of rotatable bonds is 6. The minimum Gasteiger partial charge on any atom is -0.373 e. The Balaban J connectivity index is 1.36. The first-order chi connectivity index (χ1) is 13.5. The van der Waals surface area contributed by atoms with Crippen LogP contribution in [-0.2, 0) is 14.3 Å². The van der Waals surface area contributed by atoms with Gasteiger partial charge in [0.2, 0.25) is 11.8 Å². The molecule has 1 aliphatic heterocycles. The van der Waals surface area contributed by atoms with Gasteiger partial charge in [0.15, 0.2) is 0 Å². The van der Waals surface area contributed by atoms with E-state index in [0.29, 0.717) is 13.0 Å². The van der Waals surface area contributed by atoms with E-state index in [-0.39, 0.29) is 29.8 Å². The summed E-state index contributed by atoms with van der Waals surface area (Å²) in [6.45, 7) is 6.39. The Hall–Kier alpha value is -2.09. The van der Waals surface area contributed by atoms with Crippen LogP contribution in [0.2, 0.25) is 0 Å². The highest BCUT2D eigenvalue weighted by molar-refractivity contribution is 8.00. The van der Waals surface area contributed by atoms with Crippen LogP contribution in [0.25, 0.3) is 10.8 Å². The van der Waals surface area contributed by atoms with Gasteiger partial charge in [0.25, 0.3) is 0 Å². The number of benzene rings is 2. The Morgan fingerprint density at radius 2 is 1.71 bits per heavy atom. The van der Waals surface area contributed by atoms with Crippen LogP contribution in [0, 0.1) is 0 Å². The Kier molecular flexibility index (Phi) is 7.30. The smallest absolute Gasteiger partial charge is 0.248 e. The number of hydrogen-bond acceptors (Lipinski definition) is 5. The molecular weight excluding hydrogens is 374 g/mol. The van der Waals surface area contributed by atoms with E-state index >= 15 is 0 Å². The molecule has 2 N–H and O–H groups in total.